The molecule has 0 aromatic rings. The van der Waals surface area contributed by atoms with Gasteiger partial charge in [-0.3, -0.25) is 4.90 Å². The van der Waals surface area contributed by atoms with Crippen LogP contribution in [0.2, 0.25) is 0 Å². The van der Waals surface area contributed by atoms with Gasteiger partial charge in [0.1, 0.15) is 0 Å². The van der Waals surface area contributed by atoms with Crippen LogP contribution in [0.3, 0.4) is 0 Å². The fraction of sp³-hybridized carbons (Fsp3) is 0.870. The summed E-state index contributed by atoms with van der Waals surface area (Å²) in [5.41, 5.74) is 1.13. The lowest BCUT2D eigenvalue weighted by atomic mass is 9.56. The highest BCUT2D eigenvalue weighted by Crippen LogP contribution is 2.64. The molecule has 3 aliphatic heterocycles. The number of carbonyl (C=O) groups excluding carboxylic acids is 1. The predicted octanol–water partition coefficient (Wildman–Crippen LogP) is 4.31. The Kier molecular flexibility index (Phi) is 3.24. The summed E-state index contributed by atoms with van der Waals surface area (Å²) in [5, 5.41) is 0.679. The lowest BCUT2D eigenvalue weighted by Gasteiger charge is -2.58. The minimum absolute atomic E-state index is 0.0587. The first-order chi connectivity index (χ1) is 13.1. The average molecular weight is 386 g/mol. The second-order valence-electron chi connectivity index (χ2n) is 11.0. The van der Waals surface area contributed by atoms with E-state index in [9.17, 15) is 4.79 Å². The SMILES string of the molecule is O=C1C=C2CC(SC34CC5CC(CC(C5)C3)C4)C3CC2(O1)C1CCCCN31. The largest absolute Gasteiger partial charge is 0.450 e. The van der Waals surface area contributed by atoms with Gasteiger partial charge < -0.3 is 4.74 Å². The van der Waals surface area contributed by atoms with E-state index < -0.39 is 0 Å². The summed E-state index contributed by atoms with van der Waals surface area (Å²) in [7, 11) is 0. The zero-order valence-electron chi connectivity index (χ0n) is 16.2. The molecule has 0 N–H and O–H groups in total. The van der Waals surface area contributed by atoms with Crippen LogP contribution >= 0.6 is 11.8 Å². The van der Waals surface area contributed by atoms with E-state index >= 15 is 0 Å². The molecule has 0 radical (unpaired) electrons. The summed E-state index contributed by atoms with van der Waals surface area (Å²) < 4.78 is 6.64. The van der Waals surface area contributed by atoms with Gasteiger partial charge in [0.2, 0.25) is 0 Å². The van der Waals surface area contributed by atoms with Crippen LogP contribution in [0.5, 0.6) is 0 Å². The number of hydrogen-bond donors (Lipinski definition) is 0. The van der Waals surface area contributed by atoms with Crippen molar-refractivity contribution in [3.8, 4) is 0 Å². The molecule has 3 nitrogen and oxygen atoms in total. The number of thioether (sulfide) groups is 1. The molecule has 2 saturated heterocycles. The lowest BCUT2D eigenvalue weighted by Crippen LogP contribution is -2.51. The van der Waals surface area contributed by atoms with Gasteiger partial charge in [-0.25, -0.2) is 4.79 Å². The van der Waals surface area contributed by atoms with Gasteiger partial charge >= 0.3 is 5.97 Å². The number of esters is 1. The second-order valence-corrected chi connectivity index (χ2v) is 12.7. The van der Waals surface area contributed by atoms with E-state index in [1.165, 1.54) is 69.9 Å². The number of ether oxygens (including phenoxy) is 1. The maximum Gasteiger partial charge on any atom is 0.331 e. The van der Waals surface area contributed by atoms with E-state index in [0.717, 1.165) is 30.6 Å². The van der Waals surface area contributed by atoms with Gasteiger partial charge in [0.05, 0.1) is 6.04 Å². The van der Waals surface area contributed by atoms with Crippen molar-refractivity contribution in [3.63, 3.8) is 0 Å². The van der Waals surface area contributed by atoms with Crippen molar-refractivity contribution in [2.24, 2.45) is 17.8 Å². The molecule has 5 saturated carbocycles. The van der Waals surface area contributed by atoms with Crippen LogP contribution in [0.25, 0.3) is 0 Å². The van der Waals surface area contributed by atoms with Crippen LogP contribution in [0.15, 0.2) is 11.6 Å². The normalized spacial score (nSPS) is 55.3. The van der Waals surface area contributed by atoms with E-state index in [4.69, 9.17) is 4.74 Å². The minimum Gasteiger partial charge on any atom is -0.450 e. The summed E-state index contributed by atoms with van der Waals surface area (Å²) in [6, 6.07) is 1.10. The summed E-state index contributed by atoms with van der Waals surface area (Å²) >= 11 is 2.39. The summed E-state index contributed by atoms with van der Waals surface area (Å²) in [5.74, 6) is 3.01. The predicted molar refractivity (Wildman–Crippen MR) is 107 cm³/mol. The van der Waals surface area contributed by atoms with Crippen LogP contribution in [-0.2, 0) is 9.53 Å². The van der Waals surface area contributed by atoms with Crippen LogP contribution in [0.1, 0.15) is 70.6 Å². The molecule has 0 aromatic heterocycles. The molecule has 4 atom stereocenters. The Balaban J connectivity index is 1.23. The van der Waals surface area contributed by atoms with Crippen molar-refractivity contribution < 1.29 is 9.53 Å². The molecule has 8 aliphatic rings. The standard InChI is InChI=1S/C23H31NO2S/c25-21-9-17-8-19(18-13-23(17,26-21)20-3-1-2-4-24(18)20)27-22-10-14-5-15(11-22)7-16(6-14)12-22/h9,14-16,18-20H,1-8,10-13H2. The first-order valence-corrected chi connectivity index (χ1v) is 12.4. The lowest BCUT2D eigenvalue weighted by molar-refractivity contribution is -0.148. The fourth-order valence-electron chi connectivity index (χ4n) is 8.96. The van der Waals surface area contributed by atoms with Crippen molar-refractivity contribution in [1.82, 2.24) is 4.90 Å². The number of fused-ring (bicyclic) bond motifs is 3. The Bertz CT molecular complexity index is 697. The Hall–Kier alpha value is -0.480. The molecular weight excluding hydrogens is 354 g/mol. The maximum atomic E-state index is 12.3. The first-order valence-electron chi connectivity index (χ1n) is 11.5. The molecule has 6 bridgehead atoms. The quantitative estimate of drug-likeness (QED) is 0.663. The Labute approximate surface area is 166 Å². The molecule has 0 aromatic carbocycles. The van der Waals surface area contributed by atoms with Crippen molar-refractivity contribution in [2.45, 2.75) is 98.3 Å². The Morgan fingerprint density at radius 1 is 1.04 bits per heavy atom. The molecule has 7 fully saturated rings. The molecule has 1 spiro atoms. The van der Waals surface area contributed by atoms with E-state index in [2.05, 4.69) is 16.7 Å². The highest BCUT2D eigenvalue weighted by atomic mass is 32.2. The fourth-order valence-corrected chi connectivity index (χ4v) is 11.3. The average Bonchev–Trinajstić information content (AvgIpc) is 3.10. The third kappa shape index (κ3) is 2.18. The van der Waals surface area contributed by atoms with Crippen LogP contribution < -0.4 is 0 Å². The van der Waals surface area contributed by atoms with Crippen molar-refractivity contribution in [2.75, 3.05) is 6.54 Å². The summed E-state index contributed by atoms with van der Waals surface area (Å²) in [6.45, 7) is 1.22. The van der Waals surface area contributed by atoms with Crippen molar-refractivity contribution in [1.29, 1.82) is 0 Å². The van der Waals surface area contributed by atoms with E-state index in [-0.39, 0.29) is 11.6 Å². The minimum atomic E-state index is -0.235. The summed E-state index contributed by atoms with van der Waals surface area (Å²) in [4.78, 5) is 15.1. The highest BCUT2D eigenvalue weighted by Gasteiger charge is 2.65. The van der Waals surface area contributed by atoms with E-state index in [1.807, 2.05) is 6.08 Å². The van der Waals surface area contributed by atoms with Crippen LogP contribution in [0, 0.1) is 17.8 Å². The number of hydrogen-bond acceptors (Lipinski definition) is 4. The van der Waals surface area contributed by atoms with E-state index in [1.54, 1.807) is 0 Å². The second kappa shape index (κ2) is 5.36. The van der Waals surface area contributed by atoms with Crippen LogP contribution in [-0.4, -0.2) is 45.1 Å². The van der Waals surface area contributed by atoms with E-state index in [0.29, 0.717) is 22.1 Å². The number of rotatable bonds is 2. The molecule has 3 heterocycles. The molecule has 8 rings (SSSR count). The first kappa shape index (κ1) is 16.3. The zero-order valence-corrected chi connectivity index (χ0v) is 17.0. The number of carbonyl (C=O) groups is 1. The monoisotopic (exact) mass is 385 g/mol. The molecule has 27 heavy (non-hydrogen) atoms. The molecular formula is C23H31NO2S. The van der Waals surface area contributed by atoms with Gasteiger partial charge in [0, 0.05) is 28.5 Å². The third-order valence-corrected chi connectivity index (χ3v) is 11.2. The summed E-state index contributed by atoms with van der Waals surface area (Å²) in [6.07, 6.45) is 16.9. The maximum absolute atomic E-state index is 12.3. The molecule has 146 valence electrons. The smallest absolute Gasteiger partial charge is 0.331 e. The molecule has 5 aliphatic carbocycles. The Morgan fingerprint density at radius 3 is 2.52 bits per heavy atom. The van der Waals surface area contributed by atoms with Gasteiger partial charge in [-0.1, -0.05) is 6.42 Å². The zero-order chi connectivity index (χ0) is 17.8. The van der Waals surface area contributed by atoms with Crippen LogP contribution in [0.4, 0.5) is 0 Å². The van der Waals surface area contributed by atoms with Crippen molar-refractivity contribution in [3.05, 3.63) is 11.6 Å². The third-order valence-electron chi connectivity index (χ3n) is 9.37. The highest BCUT2D eigenvalue weighted by molar-refractivity contribution is 8.01. The molecule has 4 unspecified atom stereocenters. The van der Waals surface area contributed by atoms with Gasteiger partial charge in [-0.05, 0) is 87.7 Å². The van der Waals surface area contributed by atoms with Gasteiger partial charge in [-0.2, -0.15) is 0 Å². The number of piperidine rings is 1. The molecule has 0 amide bonds. The van der Waals surface area contributed by atoms with Gasteiger partial charge in [-0.15, -0.1) is 11.8 Å². The number of nitrogens with zero attached hydrogens (tertiary/aromatic N) is 1. The van der Waals surface area contributed by atoms with Crippen molar-refractivity contribution >= 4 is 17.7 Å². The van der Waals surface area contributed by atoms with Gasteiger partial charge in [0.25, 0.3) is 0 Å². The Morgan fingerprint density at radius 2 is 1.78 bits per heavy atom. The topological polar surface area (TPSA) is 29.5 Å². The molecule has 4 heteroatoms. The van der Waals surface area contributed by atoms with Gasteiger partial charge in [0.15, 0.2) is 5.60 Å².